The quantitative estimate of drug-likeness (QED) is 0.753. The molecular formula is C12H24N2S. The van der Waals surface area contributed by atoms with E-state index < -0.39 is 0 Å². The molecule has 0 saturated heterocycles. The highest BCUT2D eigenvalue weighted by atomic mass is 32.2. The predicted molar refractivity (Wildman–Crippen MR) is 70.7 cm³/mol. The number of amidine groups is 1. The van der Waals surface area contributed by atoms with Crippen LogP contribution in [0.3, 0.4) is 0 Å². The van der Waals surface area contributed by atoms with Crippen molar-refractivity contribution in [1.29, 1.82) is 0 Å². The van der Waals surface area contributed by atoms with Crippen LogP contribution in [-0.4, -0.2) is 23.0 Å². The van der Waals surface area contributed by atoms with Gasteiger partial charge in [0.1, 0.15) is 0 Å². The summed E-state index contributed by atoms with van der Waals surface area (Å²) in [7, 11) is 0. The normalized spacial score (nSPS) is 22.6. The van der Waals surface area contributed by atoms with Gasteiger partial charge in [0.2, 0.25) is 0 Å². The molecule has 0 aromatic carbocycles. The lowest BCUT2D eigenvalue weighted by molar-refractivity contribution is 0.539. The molecule has 1 rings (SSSR count). The summed E-state index contributed by atoms with van der Waals surface area (Å²) in [6.45, 7) is 7.76. The maximum atomic E-state index is 4.57. The largest absolute Gasteiger partial charge is 0.362 e. The van der Waals surface area contributed by atoms with E-state index in [1.54, 1.807) is 0 Å². The van der Waals surface area contributed by atoms with Crippen LogP contribution in [0.15, 0.2) is 4.99 Å². The number of hydrogen-bond donors (Lipinski definition) is 1. The van der Waals surface area contributed by atoms with Gasteiger partial charge in [-0.1, -0.05) is 45.4 Å². The van der Waals surface area contributed by atoms with Crippen molar-refractivity contribution < 1.29 is 0 Å². The Labute approximate surface area is 98.3 Å². The van der Waals surface area contributed by atoms with Crippen LogP contribution in [0, 0.1) is 0 Å². The number of aliphatic imine (C=N–C) groups is 1. The molecular weight excluding hydrogens is 204 g/mol. The summed E-state index contributed by atoms with van der Waals surface area (Å²) in [6.07, 6.45) is 6.28. The third-order valence-electron chi connectivity index (χ3n) is 2.79. The fraction of sp³-hybridized carbons (Fsp3) is 0.917. The first-order valence-corrected chi connectivity index (χ1v) is 7.15. The van der Waals surface area contributed by atoms with E-state index >= 15 is 0 Å². The lowest BCUT2D eigenvalue weighted by atomic mass is 10.1. The molecule has 2 nitrogen and oxygen atoms in total. The number of nitrogens with one attached hydrogen (secondary N) is 1. The summed E-state index contributed by atoms with van der Waals surface area (Å²) in [6, 6.07) is 0.627. The van der Waals surface area contributed by atoms with Crippen molar-refractivity contribution in [2.75, 3.05) is 6.54 Å². The Morgan fingerprint density at radius 1 is 1.40 bits per heavy atom. The van der Waals surface area contributed by atoms with Crippen molar-refractivity contribution in [3.8, 4) is 0 Å². The molecule has 0 spiro atoms. The van der Waals surface area contributed by atoms with Crippen LogP contribution in [0.4, 0.5) is 0 Å². The van der Waals surface area contributed by atoms with Crippen molar-refractivity contribution in [2.45, 2.75) is 64.2 Å². The Morgan fingerprint density at radius 3 is 2.80 bits per heavy atom. The maximum absolute atomic E-state index is 4.57. The van der Waals surface area contributed by atoms with Crippen LogP contribution in [0.2, 0.25) is 0 Å². The summed E-state index contributed by atoms with van der Waals surface area (Å²) >= 11 is 1.94. The van der Waals surface area contributed by atoms with E-state index in [1.807, 2.05) is 11.8 Å². The number of rotatable bonds is 6. The van der Waals surface area contributed by atoms with Gasteiger partial charge < -0.3 is 5.32 Å². The van der Waals surface area contributed by atoms with Crippen LogP contribution in [0.1, 0.15) is 52.9 Å². The summed E-state index contributed by atoms with van der Waals surface area (Å²) in [5.74, 6) is 0. The molecule has 2 unspecified atom stereocenters. The minimum Gasteiger partial charge on any atom is -0.362 e. The first-order chi connectivity index (χ1) is 7.30. The Hall–Kier alpha value is -0.180. The lowest BCUT2D eigenvalue weighted by Crippen LogP contribution is -2.31. The molecule has 0 amide bonds. The fourth-order valence-corrected chi connectivity index (χ4v) is 3.07. The molecule has 1 aliphatic heterocycles. The van der Waals surface area contributed by atoms with Crippen molar-refractivity contribution in [3.05, 3.63) is 0 Å². The molecule has 1 heterocycles. The van der Waals surface area contributed by atoms with Gasteiger partial charge in [0.25, 0.3) is 0 Å². The van der Waals surface area contributed by atoms with E-state index in [-0.39, 0.29) is 0 Å². The van der Waals surface area contributed by atoms with E-state index in [1.165, 1.54) is 37.3 Å². The van der Waals surface area contributed by atoms with E-state index in [2.05, 4.69) is 31.1 Å². The van der Waals surface area contributed by atoms with Gasteiger partial charge in [-0.3, -0.25) is 4.99 Å². The molecule has 3 heteroatoms. The Balaban J connectivity index is 2.27. The first kappa shape index (κ1) is 12.9. The second-order valence-electron chi connectivity index (χ2n) is 4.21. The average Bonchev–Trinajstić information content (AvgIpc) is 2.66. The highest BCUT2D eigenvalue weighted by Crippen LogP contribution is 2.24. The smallest absolute Gasteiger partial charge is 0.157 e. The molecule has 0 aromatic rings. The predicted octanol–water partition coefficient (Wildman–Crippen LogP) is 3.43. The van der Waals surface area contributed by atoms with Crippen LogP contribution in [0.25, 0.3) is 0 Å². The molecule has 2 atom stereocenters. The van der Waals surface area contributed by atoms with Gasteiger partial charge in [-0.05, 0) is 19.3 Å². The van der Waals surface area contributed by atoms with Gasteiger partial charge in [-0.2, -0.15) is 0 Å². The van der Waals surface area contributed by atoms with Gasteiger partial charge in [0.05, 0.1) is 6.54 Å². The molecule has 88 valence electrons. The van der Waals surface area contributed by atoms with Gasteiger partial charge in [-0.15, -0.1) is 0 Å². The van der Waals surface area contributed by atoms with E-state index in [4.69, 9.17) is 0 Å². The van der Waals surface area contributed by atoms with Crippen molar-refractivity contribution >= 4 is 16.9 Å². The molecule has 0 bridgehead atoms. The molecule has 0 saturated carbocycles. The molecule has 1 N–H and O–H groups in total. The molecule has 15 heavy (non-hydrogen) atoms. The zero-order valence-corrected chi connectivity index (χ0v) is 11.1. The first-order valence-electron chi connectivity index (χ1n) is 6.27. The fourth-order valence-electron chi connectivity index (χ4n) is 1.87. The van der Waals surface area contributed by atoms with Crippen LogP contribution in [-0.2, 0) is 0 Å². The average molecular weight is 228 g/mol. The second kappa shape index (κ2) is 7.15. The minimum absolute atomic E-state index is 0.627. The van der Waals surface area contributed by atoms with Crippen molar-refractivity contribution in [3.63, 3.8) is 0 Å². The third-order valence-corrected chi connectivity index (χ3v) is 3.97. The van der Waals surface area contributed by atoms with Crippen LogP contribution < -0.4 is 5.32 Å². The standard InChI is InChI=1S/C12H24N2S/c1-4-7-10(6-3)14-12-13-9-11(15-12)8-5-2/h10-11H,4-9H2,1-3H3,(H,13,14). The molecule has 1 aliphatic rings. The summed E-state index contributed by atoms with van der Waals surface area (Å²) < 4.78 is 0. The molecule has 0 aliphatic carbocycles. The Kier molecular flexibility index (Phi) is 6.15. The summed E-state index contributed by atoms with van der Waals surface area (Å²) in [5.41, 5.74) is 0. The second-order valence-corrected chi connectivity index (χ2v) is 5.50. The van der Waals surface area contributed by atoms with Gasteiger partial charge >= 0.3 is 0 Å². The zero-order chi connectivity index (χ0) is 11.1. The summed E-state index contributed by atoms with van der Waals surface area (Å²) in [5, 5.41) is 5.49. The van der Waals surface area contributed by atoms with Gasteiger partial charge in [0.15, 0.2) is 5.17 Å². The van der Waals surface area contributed by atoms with Crippen molar-refractivity contribution in [1.82, 2.24) is 5.32 Å². The van der Waals surface area contributed by atoms with Gasteiger partial charge in [-0.25, -0.2) is 0 Å². The molecule has 0 aromatic heterocycles. The summed E-state index contributed by atoms with van der Waals surface area (Å²) in [4.78, 5) is 4.57. The van der Waals surface area contributed by atoms with E-state index in [0.29, 0.717) is 6.04 Å². The molecule has 0 radical (unpaired) electrons. The van der Waals surface area contributed by atoms with E-state index in [9.17, 15) is 0 Å². The Morgan fingerprint density at radius 2 is 2.20 bits per heavy atom. The van der Waals surface area contributed by atoms with Crippen LogP contribution in [0.5, 0.6) is 0 Å². The number of thioether (sulfide) groups is 1. The highest BCUT2D eigenvalue weighted by Gasteiger charge is 2.19. The topological polar surface area (TPSA) is 24.4 Å². The van der Waals surface area contributed by atoms with E-state index in [0.717, 1.165) is 11.8 Å². The number of hydrogen-bond acceptors (Lipinski definition) is 3. The SMILES string of the molecule is CCCC(CC)NC1=NCC(CCC)S1. The lowest BCUT2D eigenvalue weighted by Gasteiger charge is -2.17. The monoisotopic (exact) mass is 228 g/mol. The van der Waals surface area contributed by atoms with Crippen LogP contribution >= 0.6 is 11.8 Å². The number of nitrogens with zero attached hydrogens (tertiary/aromatic N) is 1. The maximum Gasteiger partial charge on any atom is 0.157 e. The molecule has 0 fully saturated rings. The Bertz CT molecular complexity index is 204. The van der Waals surface area contributed by atoms with Gasteiger partial charge in [0, 0.05) is 11.3 Å². The highest BCUT2D eigenvalue weighted by molar-refractivity contribution is 8.14. The van der Waals surface area contributed by atoms with Crippen molar-refractivity contribution in [2.24, 2.45) is 4.99 Å². The minimum atomic E-state index is 0.627. The third kappa shape index (κ3) is 4.45. The zero-order valence-electron chi connectivity index (χ0n) is 10.3.